The van der Waals surface area contributed by atoms with Gasteiger partial charge in [0.25, 0.3) is 5.91 Å². The van der Waals surface area contributed by atoms with Crippen molar-refractivity contribution < 1.29 is 9.53 Å². The largest absolute Gasteiger partial charge is 0.492 e. The zero-order chi connectivity index (χ0) is 17.2. The Labute approximate surface area is 140 Å². The predicted molar refractivity (Wildman–Crippen MR) is 91.0 cm³/mol. The highest BCUT2D eigenvalue weighted by Gasteiger charge is 2.09. The van der Waals surface area contributed by atoms with Crippen molar-refractivity contribution in [3.8, 4) is 11.8 Å². The SMILES string of the molecule is CCOc1ccccc1N/C=C(/C#N)C(=O)NCc1cccnc1. The van der Waals surface area contributed by atoms with Gasteiger partial charge in [0.15, 0.2) is 0 Å². The van der Waals surface area contributed by atoms with Crippen molar-refractivity contribution in [2.45, 2.75) is 13.5 Å². The lowest BCUT2D eigenvalue weighted by Crippen LogP contribution is -2.24. The number of para-hydroxylation sites is 2. The summed E-state index contributed by atoms with van der Waals surface area (Å²) in [6.07, 6.45) is 4.69. The average Bonchev–Trinajstić information content (AvgIpc) is 2.63. The van der Waals surface area contributed by atoms with Crippen LogP contribution in [-0.4, -0.2) is 17.5 Å². The first-order chi connectivity index (χ1) is 11.7. The molecular weight excluding hydrogens is 304 g/mol. The van der Waals surface area contributed by atoms with E-state index < -0.39 is 5.91 Å². The molecule has 0 spiro atoms. The number of anilines is 1. The highest BCUT2D eigenvalue weighted by molar-refractivity contribution is 5.97. The van der Waals surface area contributed by atoms with Crippen LogP contribution in [0, 0.1) is 11.3 Å². The molecule has 1 aromatic carbocycles. The van der Waals surface area contributed by atoms with Crippen LogP contribution in [0.1, 0.15) is 12.5 Å². The molecule has 0 bridgehead atoms. The van der Waals surface area contributed by atoms with E-state index in [9.17, 15) is 10.1 Å². The number of ether oxygens (including phenoxy) is 1. The van der Waals surface area contributed by atoms with Crippen molar-refractivity contribution in [1.82, 2.24) is 10.3 Å². The van der Waals surface area contributed by atoms with Gasteiger partial charge in [0.05, 0.1) is 12.3 Å². The fraction of sp³-hybridized carbons (Fsp3) is 0.167. The number of carbonyl (C=O) groups excluding carboxylic acids is 1. The molecule has 1 amide bonds. The molecule has 0 radical (unpaired) electrons. The normalized spacial score (nSPS) is 10.6. The molecule has 6 heteroatoms. The first-order valence-electron chi connectivity index (χ1n) is 7.50. The Hall–Kier alpha value is -3.33. The van der Waals surface area contributed by atoms with E-state index in [4.69, 9.17) is 4.74 Å². The average molecular weight is 322 g/mol. The van der Waals surface area contributed by atoms with Crippen LogP contribution in [-0.2, 0) is 11.3 Å². The number of amides is 1. The van der Waals surface area contributed by atoms with Crippen LogP contribution < -0.4 is 15.4 Å². The fourth-order valence-corrected chi connectivity index (χ4v) is 1.95. The van der Waals surface area contributed by atoms with Gasteiger partial charge >= 0.3 is 0 Å². The van der Waals surface area contributed by atoms with Crippen LogP contribution >= 0.6 is 0 Å². The summed E-state index contributed by atoms with van der Waals surface area (Å²) in [5.74, 6) is 0.201. The minimum atomic E-state index is -0.456. The summed E-state index contributed by atoms with van der Waals surface area (Å²) in [6, 6.07) is 12.8. The quantitative estimate of drug-likeness (QED) is 0.604. The summed E-state index contributed by atoms with van der Waals surface area (Å²) < 4.78 is 5.49. The second kappa shape index (κ2) is 8.96. The molecule has 0 aliphatic rings. The van der Waals surface area contributed by atoms with Crippen LogP contribution in [0.2, 0.25) is 0 Å². The summed E-state index contributed by atoms with van der Waals surface area (Å²) >= 11 is 0. The standard InChI is InChI=1S/C18H18N4O2/c1-2-24-17-8-4-3-7-16(17)21-13-15(10-19)18(23)22-12-14-6-5-9-20-11-14/h3-9,11,13,21H,2,12H2,1H3,(H,22,23)/b15-13-. The highest BCUT2D eigenvalue weighted by Crippen LogP contribution is 2.23. The van der Waals surface area contributed by atoms with E-state index in [0.29, 0.717) is 24.6 Å². The first kappa shape index (κ1) is 17.0. The van der Waals surface area contributed by atoms with Gasteiger partial charge in [0, 0.05) is 25.1 Å². The van der Waals surface area contributed by atoms with Gasteiger partial charge in [0.1, 0.15) is 17.4 Å². The lowest BCUT2D eigenvalue weighted by molar-refractivity contribution is -0.117. The second-order valence-corrected chi connectivity index (χ2v) is 4.79. The monoisotopic (exact) mass is 322 g/mol. The maximum Gasteiger partial charge on any atom is 0.263 e. The third-order valence-electron chi connectivity index (χ3n) is 3.10. The molecule has 6 nitrogen and oxygen atoms in total. The van der Waals surface area contributed by atoms with E-state index in [1.54, 1.807) is 18.5 Å². The first-order valence-corrected chi connectivity index (χ1v) is 7.50. The van der Waals surface area contributed by atoms with Crippen molar-refractivity contribution in [2.24, 2.45) is 0 Å². The van der Waals surface area contributed by atoms with Crippen LogP contribution in [0.15, 0.2) is 60.6 Å². The fourth-order valence-electron chi connectivity index (χ4n) is 1.95. The Morgan fingerprint density at radius 3 is 2.88 bits per heavy atom. The van der Waals surface area contributed by atoms with Gasteiger partial charge in [-0.15, -0.1) is 0 Å². The number of hydrogen-bond acceptors (Lipinski definition) is 5. The minimum Gasteiger partial charge on any atom is -0.492 e. The third kappa shape index (κ3) is 4.85. The Bertz CT molecular complexity index is 751. The smallest absolute Gasteiger partial charge is 0.263 e. The van der Waals surface area contributed by atoms with Gasteiger partial charge < -0.3 is 15.4 Å². The van der Waals surface area contributed by atoms with Gasteiger partial charge in [0.2, 0.25) is 0 Å². The zero-order valence-corrected chi connectivity index (χ0v) is 13.3. The summed E-state index contributed by atoms with van der Waals surface area (Å²) in [6.45, 7) is 2.72. The van der Waals surface area contributed by atoms with Crippen LogP contribution in [0.5, 0.6) is 5.75 Å². The number of nitrogens with zero attached hydrogens (tertiary/aromatic N) is 2. The number of nitriles is 1. The number of aromatic nitrogens is 1. The minimum absolute atomic E-state index is 0.0230. The van der Waals surface area contributed by atoms with E-state index in [0.717, 1.165) is 5.56 Å². The molecule has 2 aromatic rings. The molecule has 0 atom stereocenters. The number of benzene rings is 1. The lowest BCUT2D eigenvalue weighted by Gasteiger charge is -2.10. The summed E-state index contributed by atoms with van der Waals surface area (Å²) in [7, 11) is 0. The number of nitrogens with one attached hydrogen (secondary N) is 2. The zero-order valence-electron chi connectivity index (χ0n) is 13.3. The lowest BCUT2D eigenvalue weighted by atomic mass is 10.2. The van der Waals surface area contributed by atoms with Gasteiger partial charge in [-0.05, 0) is 30.7 Å². The molecule has 2 rings (SSSR count). The molecule has 0 aliphatic heterocycles. The van der Waals surface area contributed by atoms with Crippen molar-refractivity contribution in [1.29, 1.82) is 5.26 Å². The summed E-state index contributed by atoms with van der Waals surface area (Å²) in [4.78, 5) is 16.1. The van der Waals surface area contributed by atoms with Crippen molar-refractivity contribution in [3.63, 3.8) is 0 Å². The van der Waals surface area contributed by atoms with E-state index >= 15 is 0 Å². The Morgan fingerprint density at radius 1 is 1.33 bits per heavy atom. The molecule has 0 fully saturated rings. The number of hydrogen-bond donors (Lipinski definition) is 2. The molecule has 2 N–H and O–H groups in total. The van der Waals surface area contributed by atoms with Crippen LogP contribution in [0.25, 0.3) is 0 Å². The maximum absolute atomic E-state index is 12.1. The molecule has 24 heavy (non-hydrogen) atoms. The van der Waals surface area contributed by atoms with Gasteiger partial charge in [-0.3, -0.25) is 9.78 Å². The predicted octanol–water partition coefficient (Wildman–Crippen LogP) is 2.62. The Kier molecular flexibility index (Phi) is 6.35. The van der Waals surface area contributed by atoms with Gasteiger partial charge in [-0.1, -0.05) is 18.2 Å². The van der Waals surface area contributed by atoms with E-state index in [1.165, 1.54) is 6.20 Å². The summed E-state index contributed by atoms with van der Waals surface area (Å²) in [5, 5.41) is 14.8. The molecule has 1 aromatic heterocycles. The maximum atomic E-state index is 12.1. The van der Waals surface area contributed by atoms with E-state index in [2.05, 4.69) is 15.6 Å². The van der Waals surface area contributed by atoms with Gasteiger partial charge in [-0.2, -0.15) is 5.26 Å². The van der Waals surface area contributed by atoms with Gasteiger partial charge in [-0.25, -0.2) is 0 Å². The number of rotatable bonds is 7. The second-order valence-electron chi connectivity index (χ2n) is 4.79. The van der Waals surface area contributed by atoms with E-state index in [1.807, 2.05) is 43.3 Å². The van der Waals surface area contributed by atoms with Crippen molar-refractivity contribution >= 4 is 11.6 Å². The van der Waals surface area contributed by atoms with Crippen molar-refractivity contribution in [3.05, 3.63) is 66.1 Å². The topological polar surface area (TPSA) is 87.0 Å². The third-order valence-corrected chi connectivity index (χ3v) is 3.10. The highest BCUT2D eigenvalue weighted by atomic mass is 16.5. The van der Waals surface area contributed by atoms with Crippen molar-refractivity contribution in [2.75, 3.05) is 11.9 Å². The molecule has 1 heterocycles. The number of pyridine rings is 1. The Morgan fingerprint density at radius 2 is 2.17 bits per heavy atom. The molecule has 122 valence electrons. The molecular formula is C18H18N4O2. The molecule has 0 aliphatic carbocycles. The van der Waals surface area contributed by atoms with E-state index in [-0.39, 0.29) is 5.57 Å². The molecule has 0 unspecified atom stereocenters. The van der Waals surface area contributed by atoms with Crippen LogP contribution in [0.3, 0.4) is 0 Å². The van der Waals surface area contributed by atoms with Crippen LogP contribution in [0.4, 0.5) is 5.69 Å². The summed E-state index contributed by atoms with van der Waals surface area (Å²) in [5.41, 5.74) is 1.52. The Balaban J connectivity index is 2.01. The number of carbonyl (C=O) groups is 1. The molecule has 0 saturated carbocycles. The molecule has 0 saturated heterocycles.